The minimum atomic E-state index is -0.572. The summed E-state index contributed by atoms with van der Waals surface area (Å²) in [5.41, 5.74) is 3.03. The molecule has 4 aliphatic heterocycles. The number of aromatic nitrogens is 2. The number of rotatable bonds is 10. The number of thioether (sulfide) groups is 2. The fraction of sp³-hybridized carbons (Fsp3) is 0.435. The Morgan fingerprint density at radius 1 is 0.645 bits per heavy atom. The van der Waals surface area contributed by atoms with Crippen molar-refractivity contribution in [2.75, 3.05) is 26.2 Å². The second-order valence-corrected chi connectivity index (χ2v) is 19.9. The van der Waals surface area contributed by atoms with Gasteiger partial charge in [0.05, 0.1) is 21.6 Å². The minimum absolute atomic E-state index is 0.0209. The molecule has 62 heavy (non-hydrogen) atoms. The van der Waals surface area contributed by atoms with E-state index < -0.39 is 9.49 Å². The molecule has 4 aromatic rings. The summed E-state index contributed by atoms with van der Waals surface area (Å²) in [5, 5.41) is 7.07. The first-order valence-electron chi connectivity index (χ1n) is 21.2. The summed E-state index contributed by atoms with van der Waals surface area (Å²) >= 11 is 2.95. The molecule has 0 unspecified atom stereocenters. The average Bonchev–Trinajstić information content (AvgIpc) is 4.08. The summed E-state index contributed by atoms with van der Waals surface area (Å²) in [6.45, 7) is 10.6. The maximum absolute atomic E-state index is 13.2. The van der Waals surface area contributed by atoms with Crippen LogP contribution in [0.5, 0.6) is 0 Å². The molecule has 4 fully saturated rings. The lowest BCUT2D eigenvalue weighted by Crippen LogP contribution is -2.42. The van der Waals surface area contributed by atoms with E-state index in [1.54, 1.807) is 48.8 Å². The van der Waals surface area contributed by atoms with E-state index >= 15 is 0 Å². The van der Waals surface area contributed by atoms with Gasteiger partial charge in [0, 0.05) is 38.6 Å². The normalized spacial score (nSPS) is 24.4. The van der Waals surface area contributed by atoms with Gasteiger partial charge in [-0.3, -0.25) is 29.2 Å². The fourth-order valence-electron chi connectivity index (χ4n) is 8.45. The molecular formula is C46H54F2N8O4S2. The van der Waals surface area contributed by atoms with Crippen molar-refractivity contribution < 1.29 is 28.0 Å². The van der Waals surface area contributed by atoms with Gasteiger partial charge in [-0.25, -0.2) is 8.78 Å². The summed E-state index contributed by atoms with van der Waals surface area (Å²) in [6.07, 6.45) is 8.54. The molecule has 0 spiro atoms. The maximum Gasteiger partial charge on any atom is 0.270 e. The first kappa shape index (κ1) is 44.8. The monoisotopic (exact) mass is 884 g/mol. The molecule has 4 atom stereocenters. The zero-order valence-electron chi connectivity index (χ0n) is 35.5. The molecule has 4 amide bonds. The number of carbonyl (C=O) groups excluding carboxylic acids is 4. The number of piperidine rings is 2. The number of halogens is 2. The molecule has 12 nitrogen and oxygen atoms in total. The number of amides is 4. The van der Waals surface area contributed by atoms with Crippen LogP contribution in [0, 0.1) is 23.5 Å². The van der Waals surface area contributed by atoms with Gasteiger partial charge in [0.25, 0.3) is 11.8 Å². The Kier molecular flexibility index (Phi) is 14.1. The van der Waals surface area contributed by atoms with Crippen molar-refractivity contribution >= 4 is 57.5 Å². The van der Waals surface area contributed by atoms with E-state index in [4.69, 9.17) is 0 Å². The standard InChI is InChI=1S/2C23H27FN4O2S/c2*1-15(17-5-7-18(24)8-6-17)26-22-27-21(30)23(2,31-22)14-16-9-12-28(13-10-16)20(29)19-4-3-11-25-19/h2*3-8,11,15-16,25H,9-10,12-14H2,1-2H3,(H,26,27,30)/t2*15-,23+/m00/s1. The van der Waals surface area contributed by atoms with Crippen LogP contribution >= 0.6 is 23.5 Å². The van der Waals surface area contributed by atoms with Crippen LogP contribution in [0.2, 0.25) is 0 Å². The van der Waals surface area contributed by atoms with Crippen LogP contribution in [-0.4, -0.2) is 89.4 Å². The largest absolute Gasteiger partial charge is 0.357 e. The summed E-state index contributed by atoms with van der Waals surface area (Å²) in [4.78, 5) is 69.5. The molecule has 328 valence electrons. The van der Waals surface area contributed by atoms with Crippen molar-refractivity contribution in [3.63, 3.8) is 0 Å². The number of aliphatic imine (C=N–C) groups is 2. The maximum atomic E-state index is 13.2. The number of nitrogens with zero attached hydrogens (tertiary/aromatic N) is 4. The Bertz CT molecular complexity index is 2100. The fourth-order valence-corrected chi connectivity index (χ4v) is 10.9. The van der Waals surface area contributed by atoms with Gasteiger partial charge in [0.1, 0.15) is 23.0 Å². The number of likely N-dealkylation sites (tertiary alicyclic amines) is 2. The number of H-pyrrole nitrogens is 2. The zero-order valence-corrected chi connectivity index (χ0v) is 37.1. The van der Waals surface area contributed by atoms with E-state index in [1.807, 2.05) is 49.6 Å². The Labute approximate surface area is 369 Å². The third kappa shape index (κ3) is 10.9. The minimum Gasteiger partial charge on any atom is -0.357 e. The second kappa shape index (κ2) is 19.4. The summed E-state index contributed by atoms with van der Waals surface area (Å²) in [6, 6.07) is 19.4. The van der Waals surface area contributed by atoms with Crippen LogP contribution in [0.4, 0.5) is 8.78 Å². The molecule has 0 aliphatic carbocycles. The van der Waals surface area contributed by atoms with Crippen LogP contribution < -0.4 is 10.6 Å². The molecule has 4 aliphatic rings. The highest BCUT2D eigenvalue weighted by molar-refractivity contribution is 8.16. The lowest BCUT2D eigenvalue weighted by Gasteiger charge is -2.34. The number of hydrogen-bond donors (Lipinski definition) is 4. The van der Waals surface area contributed by atoms with Crippen molar-refractivity contribution in [1.29, 1.82) is 0 Å². The second-order valence-electron chi connectivity index (χ2n) is 16.9. The third-order valence-corrected chi connectivity index (χ3v) is 14.6. The molecule has 2 aromatic heterocycles. The van der Waals surface area contributed by atoms with Crippen LogP contribution in [0.3, 0.4) is 0 Å². The van der Waals surface area contributed by atoms with E-state index in [1.165, 1.54) is 47.8 Å². The van der Waals surface area contributed by atoms with Crippen LogP contribution in [-0.2, 0) is 9.59 Å². The van der Waals surface area contributed by atoms with E-state index in [0.717, 1.165) is 49.7 Å². The van der Waals surface area contributed by atoms with Gasteiger partial charge >= 0.3 is 0 Å². The van der Waals surface area contributed by atoms with Crippen molar-refractivity contribution in [3.05, 3.63) is 119 Å². The van der Waals surface area contributed by atoms with E-state index in [2.05, 4.69) is 30.6 Å². The smallest absolute Gasteiger partial charge is 0.270 e. The van der Waals surface area contributed by atoms with Crippen LogP contribution in [0.15, 0.2) is 95.2 Å². The van der Waals surface area contributed by atoms with Gasteiger partial charge in [-0.2, -0.15) is 0 Å². The van der Waals surface area contributed by atoms with Gasteiger partial charge in [0.15, 0.2) is 10.3 Å². The number of aromatic amines is 2. The number of carbonyl (C=O) groups is 4. The number of benzene rings is 2. The SMILES string of the molecule is C[C@H](N=C1NC(=O)[C@@](C)(CC2CCN(C(=O)c3ccc[nH]3)CC2)S1)c1ccc(F)cc1.C[C@H](N=C1NC(=O)[C@@](C)(CC2CCN(C(=O)c3ccc[nH]3)CC2)S1)c1ccc(F)cc1. The quantitative estimate of drug-likeness (QED) is 0.126. The average molecular weight is 885 g/mol. The summed E-state index contributed by atoms with van der Waals surface area (Å²) in [5.74, 6) is 0.231. The van der Waals surface area contributed by atoms with Crippen molar-refractivity contribution in [3.8, 4) is 0 Å². The Hall–Kier alpha value is -5.22. The lowest BCUT2D eigenvalue weighted by atomic mass is 9.87. The van der Waals surface area contributed by atoms with Crippen LogP contribution in [0.25, 0.3) is 0 Å². The molecule has 4 N–H and O–H groups in total. The molecule has 8 rings (SSSR count). The number of hydrogen-bond acceptors (Lipinski definition) is 8. The van der Waals surface area contributed by atoms with Crippen molar-refractivity contribution in [2.24, 2.45) is 21.8 Å². The third-order valence-electron chi connectivity index (χ3n) is 12.2. The molecule has 0 saturated carbocycles. The molecule has 4 saturated heterocycles. The predicted molar refractivity (Wildman–Crippen MR) is 241 cm³/mol. The summed E-state index contributed by atoms with van der Waals surface area (Å²) < 4.78 is 25.2. The molecule has 0 radical (unpaired) electrons. The lowest BCUT2D eigenvalue weighted by molar-refractivity contribution is -0.122. The number of amidine groups is 2. The van der Waals surface area contributed by atoms with Crippen molar-refractivity contribution in [2.45, 2.75) is 87.8 Å². The van der Waals surface area contributed by atoms with Gasteiger partial charge in [-0.1, -0.05) is 47.8 Å². The first-order chi connectivity index (χ1) is 29.7. The Balaban J connectivity index is 0.000000186. The van der Waals surface area contributed by atoms with Gasteiger partial charge in [-0.15, -0.1) is 0 Å². The topological polar surface area (TPSA) is 155 Å². The van der Waals surface area contributed by atoms with Gasteiger partial charge in [-0.05, 0) is 138 Å². The molecule has 16 heteroatoms. The van der Waals surface area contributed by atoms with E-state index in [9.17, 15) is 28.0 Å². The van der Waals surface area contributed by atoms with Gasteiger partial charge in [0.2, 0.25) is 11.8 Å². The van der Waals surface area contributed by atoms with Gasteiger partial charge < -0.3 is 30.4 Å². The highest BCUT2D eigenvalue weighted by Gasteiger charge is 2.46. The first-order valence-corrected chi connectivity index (χ1v) is 22.8. The van der Waals surface area contributed by atoms with Crippen molar-refractivity contribution in [1.82, 2.24) is 30.4 Å². The molecule has 0 bridgehead atoms. The molecule has 2 aromatic carbocycles. The predicted octanol–water partition coefficient (Wildman–Crippen LogP) is 8.27. The van der Waals surface area contributed by atoms with E-state index in [0.29, 0.717) is 59.7 Å². The highest BCUT2D eigenvalue weighted by Crippen LogP contribution is 2.42. The molecule has 6 heterocycles. The zero-order chi connectivity index (χ0) is 44.0. The summed E-state index contributed by atoms with van der Waals surface area (Å²) in [7, 11) is 0. The number of nitrogens with one attached hydrogen (secondary N) is 4. The van der Waals surface area contributed by atoms with E-state index in [-0.39, 0.29) is 47.3 Å². The van der Waals surface area contributed by atoms with Crippen LogP contribution in [0.1, 0.15) is 110 Å². The molecular weight excluding hydrogens is 831 g/mol. The Morgan fingerprint density at radius 3 is 1.32 bits per heavy atom. The Morgan fingerprint density at radius 2 is 1.00 bits per heavy atom. The highest BCUT2D eigenvalue weighted by atomic mass is 32.2.